The number of rotatable bonds is 6. The van der Waals surface area contributed by atoms with Gasteiger partial charge in [0.2, 0.25) is 0 Å². The first-order chi connectivity index (χ1) is 14.7. The number of benzene rings is 2. The fourth-order valence-corrected chi connectivity index (χ4v) is 3.01. The van der Waals surface area contributed by atoms with Gasteiger partial charge in [-0.05, 0) is 24.3 Å². The monoisotopic (exact) mass is 564 g/mol. The van der Waals surface area contributed by atoms with E-state index >= 15 is 0 Å². The largest absolute Gasteiger partial charge is 2.00 e. The molecule has 2 aromatic carbocycles. The Labute approximate surface area is 217 Å². The summed E-state index contributed by atoms with van der Waals surface area (Å²) in [6, 6.07) is 7.65. The van der Waals surface area contributed by atoms with Crippen LogP contribution in [0, 0.1) is 0 Å². The minimum Gasteiger partial charge on any atom is -0.870 e. The van der Waals surface area contributed by atoms with Crippen LogP contribution in [0.4, 0.5) is 34.1 Å². The van der Waals surface area contributed by atoms with Crippen molar-refractivity contribution in [1.82, 2.24) is 0 Å². The average molecular weight is 563 g/mol. The van der Waals surface area contributed by atoms with Gasteiger partial charge >= 0.3 is 23.9 Å². The van der Waals surface area contributed by atoms with Crippen molar-refractivity contribution in [2.45, 2.75) is 0 Å². The van der Waals surface area contributed by atoms with Gasteiger partial charge in [0.05, 0.1) is 0 Å². The molecule has 2 rings (SSSR count). The standard InChI is InChI=1S/2C12H21N3O.Sn/c2*1-13(2)9-7-10(14(3)4)12(16)11(8-9)15(5)6;/h2*7-8,16H,1-6H3;/q;;+2/p-2. The molecule has 2 radical (unpaired) electrons. The zero-order chi connectivity index (χ0) is 24.9. The van der Waals surface area contributed by atoms with Crippen LogP contribution in [0.15, 0.2) is 24.3 Å². The van der Waals surface area contributed by atoms with Gasteiger partial charge in [-0.25, -0.2) is 0 Å². The molecule has 182 valence electrons. The molecule has 8 nitrogen and oxygen atoms in total. The van der Waals surface area contributed by atoms with Gasteiger partial charge in [0.25, 0.3) is 0 Å². The molecule has 0 spiro atoms. The van der Waals surface area contributed by atoms with Gasteiger partial charge in [0, 0.05) is 119 Å². The van der Waals surface area contributed by atoms with E-state index in [1.165, 1.54) is 0 Å². The second kappa shape index (κ2) is 12.8. The summed E-state index contributed by atoms with van der Waals surface area (Å²) in [4.78, 5) is 11.4. The van der Waals surface area contributed by atoms with Gasteiger partial charge in [-0.2, -0.15) is 0 Å². The van der Waals surface area contributed by atoms with Gasteiger partial charge in [-0.15, -0.1) is 0 Å². The summed E-state index contributed by atoms with van der Waals surface area (Å²) in [7, 11) is 23.0. The molecule has 0 aliphatic rings. The zero-order valence-electron chi connectivity index (χ0n) is 22.3. The van der Waals surface area contributed by atoms with Crippen LogP contribution in [0.3, 0.4) is 0 Å². The van der Waals surface area contributed by atoms with E-state index in [1.807, 2.05) is 138 Å². The first kappa shape index (κ1) is 30.6. The van der Waals surface area contributed by atoms with E-state index in [2.05, 4.69) is 0 Å². The number of nitrogens with zero attached hydrogens (tertiary/aromatic N) is 6. The third-order valence-corrected chi connectivity index (χ3v) is 5.03. The maximum Gasteiger partial charge on any atom is 2.00 e. The Bertz CT molecular complexity index is 767. The predicted octanol–water partition coefficient (Wildman–Crippen LogP) is 1.54. The summed E-state index contributed by atoms with van der Waals surface area (Å²) in [5, 5.41) is 24.2. The van der Waals surface area contributed by atoms with Crippen LogP contribution in [0.2, 0.25) is 0 Å². The van der Waals surface area contributed by atoms with Crippen LogP contribution in [-0.4, -0.2) is 108 Å². The molecule has 9 heteroatoms. The molecule has 0 aromatic heterocycles. The Morgan fingerprint density at radius 3 is 0.697 bits per heavy atom. The van der Waals surface area contributed by atoms with Gasteiger partial charge in [0.1, 0.15) is 0 Å². The number of anilines is 6. The van der Waals surface area contributed by atoms with E-state index < -0.39 is 0 Å². The summed E-state index contributed by atoms with van der Waals surface area (Å²) in [6.45, 7) is 0. The molecule has 0 fully saturated rings. The maximum atomic E-state index is 12.1. The van der Waals surface area contributed by atoms with Crippen LogP contribution >= 0.6 is 0 Å². The molecule has 33 heavy (non-hydrogen) atoms. The molecule has 0 unspecified atom stereocenters. The smallest absolute Gasteiger partial charge is 0.870 e. The summed E-state index contributed by atoms with van der Waals surface area (Å²) in [6.07, 6.45) is 0. The van der Waals surface area contributed by atoms with Crippen molar-refractivity contribution in [1.29, 1.82) is 0 Å². The molecular formula is C24H40N6O2Sn. The third-order valence-electron chi connectivity index (χ3n) is 5.03. The molecule has 0 aliphatic heterocycles. The Kier molecular flexibility index (Phi) is 11.9. The fourth-order valence-electron chi connectivity index (χ4n) is 3.01. The van der Waals surface area contributed by atoms with Crippen LogP contribution in [0.1, 0.15) is 0 Å². The van der Waals surface area contributed by atoms with Crippen LogP contribution < -0.4 is 39.6 Å². The Balaban J connectivity index is 0.000000602. The second-order valence-electron chi connectivity index (χ2n) is 8.99. The first-order valence-corrected chi connectivity index (χ1v) is 10.4. The summed E-state index contributed by atoms with van der Waals surface area (Å²) in [5.74, 6) is 0.140. The fraction of sp³-hybridized carbons (Fsp3) is 0.500. The van der Waals surface area contributed by atoms with E-state index in [0.717, 1.165) is 34.1 Å². The summed E-state index contributed by atoms with van der Waals surface area (Å²) >= 11 is 0. The van der Waals surface area contributed by atoms with Gasteiger partial charge in [0.15, 0.2) is 0 Å². The SMILES string of the molecule is CN(C)c1cc(N(C)C)c([O-])c(N(C)C)c1.CN(C)c1cc(N(C)C)c([O-])c(N(C)C)c1.[Sn+2]. The molecule has 0 atom stereocenters. The summed E-state index contributed by atoms with van der Waals surface area (Å²) < 4.78 is 0. The topological polar surface area (TPSA) is 65.6 Å². The van der Waals surface area contributed by atoms with Gasteiger partial charge < -0.3 is 39.6 Å². The summed E-state index contributed by atoms with van der Waals surface area (Å²) in [5.41, 5.74) is 4.94. The quantitative estimate of drug-likeness (QED) is 0.491. The minimum absolute atomic E-state index is 0. The van der Waals surface area contributed by atoms with Crippen LogP contribution in [0.25, 0.3) is 0 Å². The molecule has 0 aliphatic carbocycles. The molecule has 0 N–H and O–H groups in total. The van der Waals surface area contributed by atoms with Crippen LogP contribution in [-0.2, 0) is 0 Å². The average Bonchev–Trinajstić information content (AvgIpc) is 2.67. The van der Waals surface area contributed by atoms with E-state index in [0.29, 0.717) is 0 Å². The first-order valence-electron chi connectivity index (χ1n) is 10.4. The maximum absolute atomic E-state index is 12.1. The molecule has 0 amide bonds. The Morgan fingerprint density at radius 1 is 0.394 bits per heavy atom. The molecular weight excluding hydrogens is 523 g/mol. The van der Waals surface area contributed by atoms with Crippen molar-refractivity contribution in [3.63, 3.8) is 0 Å². The Morgan fingerprint density at radius 2 is 0.576 bits per heavy atom. The molecule has 0 heterocycles. The molecule has 2 aromatic rings. The van der Waals surface area contributed by atoms with Crippen molar-refractivity contribution in [2.24, 2.45) is 0 Å². The predicted molar refractivity (Wildman–Crippen MR) is 143 cm³/mol. The van der Waals surface area contributed by atoms with E-state index in [-0.39, 0.29) is 35.4 Å². The van der Waals surface area contributed by atoms with E-state index in [9.17, 15) is 10.2 Å². The van der Waals surface area contributed by atoms with Crippen molar-refractivity contribution in [2.75, 3.05) is 114 Å². The van der Waals surface area contributed by atoms with Crippen molar-refractivity contribution < 1.29 is 10.2 Å². The normalized spacial score (nSPS) is 9.82. The molecule has 0 saturated heterocycles. The second-order valence-corrected chi connectivity index (χ2v) is 8.99. The van der Waals surface area contributed by atoms with Crippen molar-refractivity contribution >= 4 is 58.0 Å². The number of hydrogen-bond donors (Lipinski definition) is 0. The molecule has 0 bridgehead atoms. The third kappa shape index (κ3) is 7.87. The van der Waals surface area contributed by atoms with Crippen molar-refractivity contribution in [3.05, 3.63) is 24.3 Å². The zero-order valence-corrected chi connectivity index (χ0v) is 25.2. The van der Waals surface area contributed by atoms with E-state index in [1.54, 1.807) is 0 Å². The van der Waals surface area contributed by atoms with Gasteiger partial charge in [-0.3, -0.25) is 0 Å². The molecule has 0 saturated carbocycles. The number of hydrogen-bond acceptors (Lipinski definition) is 8. The van der Waals surface area contributed by atoms with Crippen LogP contribution in [0.5, 0.6) is 11.5 Å². The minimum atomic E-state index is 0. The van der Waals surface area contributed by atoms with E-state index in [4.69, 9.17) is 0 Å². The van der Waals surface area contributed by atoms with Gasteiger partial charge in [-0.1, -0.05) is 11.5 Å². The Hall–Kier alpha value is -2.36. The van der Waals surface area contributed by atoms with Crippen molar-refractivity contribution in [3.8, 4) is 11.5 Å².